The molecule has 1 aromatic carbocycles. The molecule has 0 aliphatic carbocycles. The molecule has 0 aromatic heterocycles. The van der Waals surface area contributed by atoms with Crippen LogP contribution in [-0.2, 0) is 4.79 Å². The fraction of sp³-hybridized carbons (Fsp3) is 0.182. The van der Waals surface area contributed by atoms with E-state index in [2.05, 4.69) is 0 Å². The van der Waals surface area contributed by atoms with Crippen molar-refractivity contribution in [1.29, 1.82) is 0 Å². The maximum atomic E-state index is 12.5. The quantitative estimate of drug-likeness (QED) is 0.617. The van der Waals surface area contributed by atoms with Gasteiger partial charge in [0.1, 0.15) is 5.76 Å². The molecule has 2 nitrogen and oxygen atoms in total. The van der Waals surface area contributed by atoms with E-state index in [0.29, 0.717) is 18.6 Å². The molecule has 80 valence electrons. The van der Waals surface area contributed by atoms with Gasteiger partial charge in [0.2, 0.25) is 5.78 Å². The highest BCUT2D eigenvalue weighted by Gasteiger charge is 2.30. The lowest BCUT2D eigenvalue weighted by Gasteiger charge is -2.05. The van der Waals surface area contributed by atoms with E-state index in [9.17, 15) is 18.7 Å². The lowest BCUT2D eigenvalue weighted by Crippen LogP contribution is -2.22. The Kier molecular flexibility index (Phi) is 3.19. The predicted octanol–water partition coefficient (Wildman–Crippen LogP) is 2.81. The van der Waals surface area contributed by atoms with Gasteiger partial charge in [-0.25, -0.2) is 0 Å². The molecule has 0 amide bonds. The van der Waals surface area contributed by atoms with Crippen LogP contribution in [0.5, 0.6) is 0 Å². The fourth-order valence-corrected chi connectivity index (χ4v) is 0.943. The zero-order valence-electron chi connectivity index (χ0n) is 8.08. The maximum Gasteiger partial charge on any atom is 0.306 e. The third-order valence-electron chi connectivity index (χ3n) is 1.77. The van der Waals surface area contributed by atoms with Gasteiger partial charge in [-0.2, -0.15) is 8.78 Å². The van der Waals surface area contributed by atoms with E-state index in [1.54, 1.807) is 18.2 Å². The van der Waals surface area contributed by atoms with Crippen LogP contribution in [0.1, 0.15) is 12.5 Å². The monoisotopic (exact) mass is 212 g/mol. The summed E-state index contributed by atoms with van der Waals surface area (Å²) in [4.78, 5) is 10.9. The van der Waals surface area contributed by atoms with Gasteiger partial charge in [0.05, 0.1) is 0 Å². The zero-order valence-corrected chi connectivity index (χ0v) is 8.08. The summed E-state index contributed by atoms with van der Waals surface area (Å²) in [5.74, 6) is -5.33. The van der Waals surface area contributed by atoms with E-state index in [0.717, 1.165) is 0 Å². The summed E-state index contributed by atoms with van der Waals surface area (Å²) in [6.45, 7) is 0.490. The van der Waals surface area contributed by atoms with Gasteiger partial charge < -0.3 is 5.11 Å². The normalized spacial score (nSPS) is 12.6. The Morgan fingerprint density at radius 2 is 1.87 bits per heavy atom. The summed E-state index contributed by atoms with van der Waals surface area (Å²) in [6.07, 6.45) is 0.537. The van der Waals surface area contributed by atoms with Gasteiger partial charge in [-0.15, -0.1) is 0 Å². The number of rotatable bonds is 3. The maximum absolute atomic E-state index is 12.5. The molecule has 4 heteroatoms. The summed E-state index contributed by atoms with van der Waals surface area (Å²) in [7, 11) is 0. The highest BCUT2D eigenvalue weighted by molar-refractivity contribution is 5.99. The first-order chi connectivity index (χ1) is 6.91. The van der Waals surface area contributed by atoms with Crippen molar-refractivity contribution in [2.24, 2.45) is 0 Å². The number of carbonyl (C=O) groups excluding carboxylic acids is 1. The van der Waals surface area contributed by atoms with Gasteiger partial charge in [-0.3, -0.25) is 4.79 Å². The highest BCUT2D eigenvalue weighted by atomic mass is 19.3. The molecule has 0 aliphatic rings. The van der Waals surface area contributed by atoms with E-state index in [-0.39, 0.29) is 0 Å². The Labute approximate surface area is 85.9 Å². The van der Waals surface area contributed by atoms with Crippen LogP contribution >= 0.6 is 0 Å². The second-order valence-electron chi connectivity index (χ2n) is 3.15. The highest BCUT2D eigenvalue weighted by Crippen LogP contribution is 2.17. The summed E-state index contributed by atoms with van der Waals surface area (Å²) >= 11 is 0. The Hall–Kier alpha value is -1.71. The van der Waals surface area contributed by atoms with Crippen LogP contribution in [0.3, 0.4) is 0 Å². The van der Waals surface area contributed by atoms with Gasteiger partial charge in [0.25, 0.3) is 0 Å². The van der Waals surface area contributed by atoms with E-state index < -0.39 is 17.5 Å². The van der Waals surface area contributed by atoms with Crippen molar-refractivity contribution < 1.29 is 18.7 Å². The number of hydrogen-bond acceptors (Lipinski definition) is 2. The standard InChI is InChI=1S/C11H10F2O2/c1-11(12,13)10(15)7-9(14)8-5-3-2-4-6-8/h2-7,14H,1H3/b9-7-. The summed E-state index contributed by atoms with van der Waals surface area (Å²) in [5, 5.41) is 9.36. The molecule has 0 saturated carbocycles. The lowest BCUT2D eigenvalue weighted by molar-refractivity contribution is -0.135. The van der Waals surface area contributed by atoms with E-state index in [1.165, 1.54) is 12.1 Å². The van der Waals surface area contributed by atoms with Crippen LogP contribution in [0.4, 0.5) is 8.78 Å². The number of aliphatic hydroxyl groups is 1. The third kappa shape index (κ3) is 3.16. The number of halogens is 2. The Bertz CT molecular complexity index is 377. The van der Waals surface area contributed by atoms with Gasteiger partial charge in [0.15, 0.2) is 0 Å². The van der Waals surface area contributed by atoms with Crippen molar-refractivity contribution in [3.05, 3.63) is 42.0 Å². The van der Waals surface area contributed by atoms with E-state index in [1.807, 2.05) is 0 Å². The van der Waals surface area contributed by atoms with Crippen molar-refractivity contribution in [3.8, 4) is 0 Å². The van der Waals surface area contributed by atoms with Crippen LogP contribution in [0, 0.1) is 0 Å². The van der Waals surface area contributed by atoms with Crippen molar-refractivity contribution in [2.75, 3.05) is 0 Å². The smallest absolute Gasteiger partial charge is 0.306 e. The summed E-state index contributed by atoms with van der Waals surface area (Å²) in [6, 6.07) is 8.02. The molecule has 0 spiro atoms. The molecular formula is C11H10F2O2. The molecule has 0 fully saturated rings. The summed E-state index contributed by atoms with van der Waals surface area (Å²) in [5.41, 5.74) is 0.329. The first-order valence-electron chi connectivity index (χ1n) is 4.29. The SMILES string of the molecule is CC(F)(F)C(=O)/C=C(\O)c1ccccc1. The van der Waals surface area contributed by atoms with Crippen molar-refractivity contribution in [2.45, 2.75) is 12.8 Å². The molecule has 0 heterocycles. The van der Waals surface area contributed by atoms with Gasteiger partial charge in [-0.1, -0.05) is 30.3 Å². The molecule has 1 aromatic rings. The number of carbonyl (C=O) groups is 1. The molecule has 0 radical (unpaired) electrons. The fourth-order valence-electron chi connectivity index (χ4n) is 0.943. The van der Waals surface area contributed by atoms with E-state index >= 15 is 0 Å². The van der Waals surface area contributed by atoms with Crippen LogP contribution in [0.25, 0.3) is 5.76 Å². The minimum absolute atomic E-state index is 0.329. The van der Waals surface area contributed by atoms with E-state index in [4.69, 9.17) is 0 Å². The molecule has 0 atom stereocenters. The third-order valence-corrected chi connectivity index (χ3v) is 1.77. The van der Waals surface area contributed by atoms with Crippen molar-refractivity contribution >= 4 is 11.5 Å². The first kappa shape index (κ1) is 11.4. The van der Waals surface area contributed by atoms with Crippen molar-refractivity contribution in [1.82, 2.24) is 0 Å². The predicted molar refractivity (Wildman–Crippen MR) is 52.7 cm³/mol. The molecule has 15 heavy (non-hydrogen) atoms. The zero-order chi connectivity index (χ0) is 11.5. The van der Waals surface area contributed by atoms with Gasteiger partial charge in [-0.05, 0) is 0 Å². The first-order valence-corrected chi connectivity index (χ1v) is 4.29. The van der Waals surface area contributed by atoms with Crippen LogP contribution in [0.2, 0.25) is 0 Å². The molecule has 0 bridgehead atoms. The Morgan fingerprint density at radius 1 is 1.33 bits per heavy atom. The molecular weight excluding hydrogens is 202 g/mol. The number of benzene rings is 1. The van der Waals surface area contributed by atoms with Crippen LogP contribution in [0.15, 0.2) is 36.4 Å². The van der Waals surface area contributed by atoms with Crippen molar-refractivity contribution in [3.63, 3.8) is 0 Å². The number of allylic oxidation sites excluding steroid dienone is 1. The second-order valence-corrected chi connectivity index (χ2v) is 3.15. The minimum atomic E-state index is -3.46. The van der Waals surface area contributed by atoms with Crippen LogP contribution < -0.4 is 0 Å². The summed E-state index contributed by atoms with van der Waals surface area (Å²) < 4.78 is 25.0. The minimum Gasteiger partial charge on any atom is -0.507 e. The van der Waals surface area contributed by atoms with Gasteiger partial charge >= 0.3 is 5.92 Å². The Balaban J connectivity index is 2.91. The molecule has 1 N–H and O–H groups in total. The largest absolute Gasteiger partial charge is 0.507 e. The number of hydrogen-bond donors (Lipinski definition) is 1. The molecule has 0 unspecified atom stereocenters. The topological polar surface area (TPSA) is 37.3 Å². The number of alkyl halides is 2. The number of aliphatic hydroxyl groups excluding tert-OH is 1. The molecule has 1 rings (SSSR count). The average molecular weight is 212 g/mol. The Morgan fingerprint density at radius 3 is 2.33 bits per heavy atom. The average Bonchev–Trinajstić information content (AvgIpc) is 2.17. The second kappa shape index (κ2) is 4.21. The molecule has 0 aliphatic heterocycles. The lowest BCUT2D eigenvalue weighted by atomic mass is 10.1. The molecule has 0 saturated heterocycles. The number of ketones is 1. The van der Waals surface area contributed by atoms with Crippen LogP contribution in [-0.4, -0.2) is 16.8 Å². The van der Waals surface area contributed by atoms with Gasteiger partial charge in [0, 0.05) is 18.6 Å².